The van der Waals surface area contributed by atoms with E-state index in [0.29, 0.717) is 4.47 Å². The summed E-state index contributed by atoms with van der Waals surface area (Å²) in [6.45, 7) is 0. The number of ether oxygens (including phenoxy) is 1. The Bertz CT molecular complexity index is 688. The Morgan fingerprint density at radius 1 is 1.24 bits per heavy atom. The van der Waals surface area contributed by atoms with Gasteiger partial charge in [0.15, 0.2) is 5.69 Å². The number of aromatic nitrogens is 2. The largest absolute Gasteiger partial charge is 0.478 e. The summed E-state index contributed by atoms with van der Waals surface area (Å²) >= 11 is 3.24. The van der Waals surface area contributed by atoms with E-state index in [-0.39, 0.29) is 28.8 Å². The molecule has 0 radical (unpaired) electrons. The summed E-state index contributed by atoms with van der Waals surface area (Å²) < 4.78 is 6.07. The summed E-state index contributed by atoms with van der Waals surface area (Å²) in [6.07, 6.45) is 0. The van der Waals surface area contributed by atoms with Crippen LogP contribution in [-0.4, -0.2) is 34.2 Å². The third kappa shape index (κ3) is 3.54. The zero-order valence-corrected chi connectivity index (χ0v) is 12.4. The van der Waals surface area contributed by atoms with Gasteiger partial charge in [0.05, 0.1) is 0 Å². The molecule has 21 heavy (non-hydrogen) atoms. The van der Waals surface area contributed by atoms with Crippen LogP contribution in [0, 0.1) is 0 Å². The van der Waals surface area contributed by atoms with E-state index in [1.54, 1.807) is 6.07 Å². The fourth-order valence-electron chi connectivity index (χ4n) is 1.49. The highest BCUT2D eigenvalue weighted by Gasteiger charge is 2.14. The van der Waals surface area contributed by atoms with E-state index in [9.17, 15) is 9.59 Å². The van der Waals surface area contributed by atoms with Gasteiger partial charge in [-0.25, -0.2) is 4.79 Å². The minimum absolute atomic E-state index is 0.00428. The van der Waals surface area contributed by atoms with Gasteiger partial charge in [-0.2, -0.15) is 0 Å². The summed E-state index contributed by atoms with van der Waals surface area (Å²) in [5, 5.41) is 18.9. The number of carboxylic acids is 1. The van der Waals surface area contributed by atoms with Crippen molar-refractivity contribution in [1.29, 1.82) is 0 Å². The summed E-state index contributed by atoms with van der Waals surface area (Å²) in [5.41, 5.74) is 0.132. The van der Waals surface area contributed by atoms with Crippen molar-refractivity contribution in [1.82, 2.24) is 15.5 Å². The second kappa shape index (κ2) is 6.31. The highest BCUT2D eigenvalue weighted by Crippen LogP contribution is 2.27. The van der Waals surface area contributed by atoms with Gasteiger partial charge in [-0.05, 0) is 24.3 Å². The second-order valence-electron chi connectivity index (χ2n) is 3.88. The second-order valence-corrected chi connectivity index (χ2v) is 4.80. The average molecular weight is 352 g/mol. The fourth-order valence-corrected chi connectivity index (χ4v) is 1.83. The third-order valence-corrected chi connectivity index (χ3v) is 2.98. The number of amides is 1. The number of hydrogen-bond donors (Lipinski definition) is 2. The van der Waals surface area contributed by atoms with Gasteiger partial charge in [0.25, 0.3) is 5.91 Å². The predicted molar refractivity (Wildman–Crippen MR) is 76.6 cm³/mol. The lowest BCUT2D eigenvalue weighted by molar-refractivity contribution is 0.0694. The van der Waals surface area contributed by atoms with Gasteiger partial charge < -0.3 is 15.2 Å². The molecule has 2 rings (SSSR count). The molecule has 108 valence electrons. The van der Waals surface area contributed by atoms with Gasteiger partial charge >= 0.3 is 5.97 Å². The van der Waals surface area contributed by atoms with Crippen LogP contribution in [0.3, 0.4) is 0 Å². The normalized spacial score (nSPS) is 10.0. The Kier molecular flexibility index (Phi) is 4.49. The lowest BCUT2D eigenvalue weighted by Crippen LogP contribution is -2.19. The Hall–Kier alpha value is -2.48. The lowest BCUT2D eigenvalue weighted by Gasteiger charge is -2.08. The topological polar surface area (TPSA) is 101 Å². The number of carbonyl (C=O) groups is 2. The number of hydrogen-bond acceptors (Lipinski definition) is 5. The minimum atomic E-state index is -1.12. The smallest absolute Gasteiger partial charge is 0.339 e. The van der Waals surface area contributed by atoms with Crippen molar-refractivity contribution in [3.8, 4) is 11.6 Å². The predicted octanol–water partition coefficient (Wildman–Crippen LogP) is 2.09. The molecular weight excluding hydrogens is 342 g/mol. The molecule has 8 heteroatoms. The summed E-state index contributed by atoms with van der Waals surface area (Å²) in [5.74, 6) is -1.28. The molecule has 0 bridgehead atoms. The number of nitrogens with one attached hydrogen (secondary N) is 1. The number of carboxylic acid groups (broad SMARTS) is 1. The molecule has 1 aromatic carbocycles. The molecule has 0 atom stereocenters. The van der Waals surface area contributed by atoms with E-state index in [4.69, 9.17) is 9.84 Å². The van der Waals surface area contributed by atoms with Crippen LogP contribution in [0.15, 0.2) is 34.8 Å². The quantitative estimate of drug-likeness (QED) is 0.874. The standard InChI is InChI=1S/C13H10BrN3O4/c1-15-12(18)9-4-5-11(17-16-9)21-10-6-7(14)2-3-8(10)13(19)20/h2-6H,1H3,(H,15,18)(H,19,20). The van der Waals surface area contributed by atoms with Gasteiger partial charge in [-0.1, -0.05) is 15.9 Å². The number of benzene rings is 1. The number of carbonyl (C=O) groups excluding carboxylic acids is 1. The Morgan fingerprint density at radius 3 is 2.57 bits per heavy atom. The number of halogens is 1. The van der Waals surface area contributed by atoms with Crippen LogP contribution in [0.4, 0.5) is 0 Å². The fraction of sp³-hybridized carbons (Fsp3) is 0.0769. The van der Waals surface area contributed by atoms with Crippen LogP contribution >= 0.6 is 15.9 Å². The zero-order valence-electron chi connectivity index (χ0n) is 10.8. The van der Waals surface area contributed by atoms with Crippen LogP contribution in [0.2, 0.25) is 0 Å². The van der Waals surface area contributed by atoms with Crippen molar-refractivity contribution in [3.63, 3.8) is 0 Å². The Morgan fingerprint density at radius 2 is 2.00 bits per heavy atom. The van der Waals surface area contributed by atoms with Crippen molar-refractivity contribution >= 4 is 27.8 Å². The molecule has 0 aliphatic rings. The van der Waals surface area contributed by atoms with E-state index in [0.717, 1.165) is 0 Å². The lowest BCUT2D eigenvalue weighted by atomic mass is 10.2. The number of aromatic carboxylic acids is 1. The highest BCUT2D eigenvalue weighted by molar-refractivity contribution is 9.10. The number of rotatable bonds is 4. The minimum Gasteiger partial charge on any atom is -0.478 e. The van der Waals surface area contributed by atoms with E-state index in [1.165, 1.54) is 31.3 Å². The molecule has 0 spiro atoms. The van der Waals surface area contributed by atoms with Gasteiger partial charge in [0, 0.05) is 17.6 Å². The molecule has 0 aliphatic heterocycles. The average Bonchev–Trinajstić information content (AvgIpc) is 2.47. The van der Waals surface area contributed by atoms with Crippen molar-refractivity contribution < 1.29 is 19.4 Å². The molecule has 0 unspecified atom stereocenters. The summed E-state index contributed by atoms with van der Waals surface area (Å²) in [4.78, 5) is 22.5. The first-order valence-corrected chi connectivity index (χ1v) is 6.57. The molecule has 2 N–H and O–H groups in total. The van der Waals surface area contributed by atoms with Gasteiger partial charge in [-0.3, -0.25) is 4.79 Å². The number of nitrogens with zero attached hydrogens (tertiary/aromatic N) is 2. The van der Waals surface area contributed by atoms with Crippen molar-refractivity contribution in [2.75, 3.05) is 7.05 Å². The molecule has 0 aliphatic carbocycles. The first-order valence-electron chi connectivity index (χ1n) is 5.78. The van der Waals surface area contributed by atoms with E-state index in [1.807, 2.05) is 0 Å². The summed E-state index contributed by atoms with van der Waals surface area (Å²) in [6, 6.07) is 7.38. The maximum Gasteiger partial charge on any atom is 0.339 e. The molecule has 1 aromatic heterocycles. The van der Waals surface area contributed by atoms with Crippen LogP contribution < -0.4 is 10.1 Å². The van der Waals surface area contributed by atoms with E-state index < -0.39 is 5.97 Å². The SMILES string of the molecule is CNC(=O)c1ccc(Oc2cc(Br)ccc2C(=O)O)nn1. The molecule has 1 heterocycles. The molecule has 1 amide bonds. The maximum absolute atomic E-state index is 11.3. The monoisotopic (exact) mass is 351 g/mol. The first-order chi connectivity index (χ1) is 10.0. The van der Waals surface area contributed by atoms with Gasteiger partial charge in [-0.15, -0.1) is 10.2 Å². The van der Waals surface area contributed by atoms with Crippen molar-refractivity contribution in [2.45, 2.75) is 0 Å². The summed E-state index contributed by atoms with van der Waals surface area (Å²) in [7, 11) is 1.48. The van der Waals surface area contributed by atoms with E-state index in [2.05, 4.69) is 31.4 Å². The van der Waals surface area contributed by atoms with Crippen molar-refractivity contribution in [3.05, 3.63) is 46.1 Å². The zero-order chi connectivity index (χ0) is 15.4. The molecule has 0 fully saturated rings. The molecule has 2 aromatic rings. The van der Waals surface area contributed by atoms with Crippen LogP contribution in [0.25, 0.3) is 0 Å². The Labute approximate surface area is 128 Å². The van der Waals surface area contributed by atoms with Crippen LogP contribution in [0.1, 0.15) is 20.8 Å². The van der Waals surface area contributed by atoms with Crippen LogP contribution in [0.5, 0.6) is 11.6 Å². The highest BCUT2D eigenvalue weighted by atomic mass is 79.9. The molecule has 7 nitrogen and oxygen atoms in total. The molecule has 0 saturated carbocycles. The molecular formula is C13H10BrN3O4. The van der Waals surface area contributed by atoms with E-state index >= 15 is 0 Å². The molecule has 0 saturated heterocycles. The van der Waals surface area contributed by atoms with Crippen molar-refractivity contribution in [2.24, 2.45) is 0 Å². The van der Waals surface area contributed by atoms with Gasteiger partial charge in [0.1, 0.15) is 11.3 Å². The Balaban J connectivity index is 2.28. The first kappa shape index (κ1) is 14.9. The third-order valence-electron chi connectivity index (χ3n) is 2.49. The van der Waals surface area contributed by atoms with Crippen LogP contribution in [-0.2, 0) is 0 Å². The maximum atomic E-state index is 11.3. The van der Waals surface area contributed by atoms with Gasteiger partial charge in [0.2, 0.25) is 5.88 Å².